The Balaban J connectivity index is 2.10. The largest absolute Gasteiger partial charge is 0.496 e. The average Bonchev–Trinajstić information content (AvgIpc) is 2.59. The number of benzene rings is 2. The van der Waals surface area contributed by atoms with E-state index in [9.17, 15) is 14.9 Å². The van der Waals surface area contributed by atoms with Gasteiger partial charge in [-0.3, -0.25) is 14.9 Å². The molecule has 0 aromatic heterocycles. The number of nitro benzene ring substituents is 1. The Labute approximate surface area is 152 Å². The first-order valence-corrected chi connectivity index (χ1v) is 8.07. The van der Waals surface area contributed by atoms with E-state index in [1.807, 2.05) is 24.3 Å². The van der Waals surface area contributed by atoms with Crippen LogP contribution in [0.2, 0.25) is 0 Å². The van der Waals surface area contributed by atoms with Gasteiger partial charge in [0.15, 0.2) is 12.4 Å². The van der Waals surface area contributed by atoms with Crippen LogP contribution in [-0.4, -0.2) is 24.5 Å². The number of carbonyl (C=O) groups excluding carboxylic acids is 1. The van der Waals surface area contributed by atoms with Crippen LogP contribution in [0.5, 0.6) is 11.5 Å². The summed E-state index contributed by atoms with van der Waals surface area (Å²) in [5.74, 6) is -0.0468. The highest BCUT2D eigenvalue weighted by Gasteiger charge is 2.20. The molecule has 0 aliphatic carbocycles. The predicted molar refractivity (Wildman–Crippen MR) is 98.9 cm³/mol. The van der Waals surface area contributed by atoms with Crippen molar-refractivity contribution in [2.75, 3.05) is 19.0 Å². The zero-order chi connectivity index (χ0) is 19.3. The number of nitrogens with zero attached hydrogens (tertiary/aromatic N) is 1. The van der Waals surface area contributed by atoms with Crippen LogP contribution in [0.25, 0.3) is 0 Å². The maximum atomic E-state index is 12.2. The number of hydrogen-bond acceptors (Lipinski definition) is 5. The Morgan fingerprint density at radius 2 is 1.88 bits per heavy atom. The van der Waals surface area contributed by atoms with Crippen LogP contribution in [0.15, 0.2) is 42.5 Å². The van der Waals surface area contributed by atoms with Gasteiger partial charge >= 0.3 is 5.69 Å². The second kappa shape index (κ2) is 7.86. The molecule has 0 atom stereocenters. The van der Waals surface area contributed by atoms with Crippen molar-refractivity contribution in [3.8, 4) is 11.5 Å². The van der Waals surface area contributed by atoms with E-state index in [-0.39, 0.29) is 23.5 Å². The van der Waals surface area contributed by atoms with Crippen molar-refractivity contribution in [2.24, 2.45) is 0 Å². The minimum absolute atomic E-state index is 0.00931. The second-order valence-corrected chi connectivity index (χ2v) is 6.72. The normalized spacial score (nSPS) is 10.9. The fraction of sp³-hybridized carbons (Fsp3) is 0.316. The summed E-state index contributed by atoms with van der Waals surface area (Å²) in [6.45, 7) is 5.81. The van der Waals surface area contributed by atoms with Crippen LogP contribution in [0, 0.1) is 10.1 Å². The number of anilines is 1. The lowest BCUT2D eigenvalue weighted by Gasteiger charge is -2.23. The number of hydrogen-bond donors (Lipinski definition) is 1. The molecule has 0 saturated carbocycles. The lowest BCUT2D eigenvalue weighted by Crippen LogP contribution is -2.23. The molecule has 0 radical (unpaired) electrons. The van der Waals surface area contributed by atoms with E-state index < -0.39 is 10.8 Å². The topological polar surface area (TPSA) is 90.7 Å². The smallest absolute Gasteiger partial charge is 0.314 e. The molecule has 0 aliphatic rings. The minimum Gasteiger partial charge on any atom is -0.496 e. The second-order valence-electron chi connectivity index (χ2n) is 6.72. The molecule has 26 heavy (non-hydrogen) atoms. The number of para-hydroxylation sites is 1. The molecule has 1 N–H and O–H groups in total. The van der Waals surface area contributed by atoms with Gasteiger partial charge in [0.05, 0.1) is 18.1 Å². The maximum Gasteiger partial charge on any atom is 0.314 e. The van der Waals surface area contributed by atoms with Gasteiger partial charge in [0.1, 0.15) is 5.75 Å². The highest BCUT2D eigenvalue weighted by atomic mass is 16.6. The van der Waals surface area contributed by atoms with Crippen LogP contribution in [0.4, 0.5) is 11.4 Å². The van der Waals surface area contributed by atoms with Gasteiger partial charge in [-0.25, -0.2) is 0 Å². The summed E-state index contributed by atoms with van der Waals surface area (Å²) in [5.41, 5.74) is 1.29. The van der Waals surface area contributed by atoms with Crippen molar-refractivity contribution in [1.29, 1.82) is 0 Å². The van der Waals surface area contributed by atoms with E-state index in [0.717, 1.165) is 5.56 Å². The number of nitrogens with one attached hydrogen (secondary N) is 1. The van der Waals surface area contributed by atoms with Crippen LogP contribution in [-0.2, 0) is 10.2 Å². The van der Waals surface area contributed by atoms with Crippen molar-refractivity contribution < 1.29 is 19.2 Å². The highest BCUT2D eigenvalue weighted by molar-refractivity contribution is 5.92. The van der Waals surface area contributed by atoms with E-state index in [2.05, 4.69) is 26.1 Å². The molecule has 0 heterocycles. The summed E-state index contributed by atoms with van der Waals surface area (Å²) in [4.78, 5) is 22.8. The molecule has 0 spiro atoms. The van der Waals surface area contributed by atoms with Gasteiger partial charge < -0.3 is 14.8 Å². The number of ether oxygens (including phenoxy) is 2. The van der Waals surface area contributed by atoms with Gasteiger partial charge in [0.2, 0.25) is 0 Å². The Hall–Kier alpha value is -3.09. The fourth-order valence-electron chi connectivity index (χ4n) is 2.46. The number of carbonyl (C=O) groups is 1. The summed E-state index contributed by atoms with van der Waals surface area (Å²) < 4.78 is 10.3. The first kappa shape index (κ1) is 19.2. The molecule has 0 fully saturated rings. The molecule has 0 saturated heterocycles. The number of methoxy groups -OCH3 is 1. The molecule has 138 valence electrons. The average molecular weight is 358 g/mol. The molecule has 7 heteroatoms. The Morgan fingerprint density at radius 1 is 1.19 bits per heavy atom. The standard InChI is InChI=1S/C19H22N2O5/c1-19(2,3)14-7-5-6-8-15(14)20-18(22)12-26-17-10-9-13(25-4)11-16(17)21(23)24/h5-11H,12H2,1-4H3,(H,20,22). The Bertz CT molecular complexity index is 812. The molecular formula is C19H22N2O5. The summed E-state index contributed by atoms with van der Waals surface area (Å²) in [7, 11) is 1.42. The summed E-state index contributed by atoms with van der Waals surface area (Å²) in [5, 5.41) is 14.0. The molecule has 0 aliphatic heterocycles. The van der Waals surface area contributed by atoms with E-state index in [4.69, 9.17) is 9.47 Å². The molecular weight excluding hydrogens is 336 g/mol. The summed E-state index contributed by atoms with van der Waals surface area (Å²) in [6, 6.07) is 11.7. The fourth-order valence-corrected chi connectivity index (χ4v) is 2.46. The van der Waals surface area contributed by atoms with Gasteiger partial charge in [-0.15, -0.1) is 0 Å². The molecule has 0 unspecified atom stereocenters. The SMILES string of the molecule is COc1ccc(OCC(=O)Nc2ccccc2C(C)(C)C)c([N+](=O)[O-])c1. The first-order chi connectivity index (χ1) is 12.2. The van der Waals surface area contributed by atoms with E-state index in [1.54, 1.807) is 0 Å². The van der Waals surface area contributed by atoms with Gasteiger partial charge in [0.25, 0.3) is 5.91 Å². The number of nitro groups is 1. The summed E-state index contributed by atoms with van der Waals surface area (Å²) >= 11 is 0. The molecule has 2 aromatic carbocycles. The van der Waals surface area contributed by atoms with Gasteiger partial charge in [-0.1, -0.05) is 39.0 Å². The predicted octanol–water partition coefficient (Wildman–Crippen LogP) is 3.92. The zero-order valence-electron chi connectivity index (χ0n) is 15.2. The third-order valence-electron chi connectivity index (χ3n) is 3.73. The molecule has 0 bridgehead atoms. The lowest BCUT2D eigenvalue weighted by molar-refractivity contribution is -0.385. The Kier molecular flexibility index (Phi) is 5.82. The highest BCUT2D eigenvalue weighted by Crippen LogP contribution is 2.31. The van der Waals surface area contributed by atoms with Crippen molar-refractivity contribution in [1.82, 2.24) is 0 Å². The van der Waals surface area contributed by atoms with Gasteiger partial charge in [-0.05, 0) is 29.2 Å². The Morgan fingerprint density at radius 3 is 2.50 bits per heavy atom. The summed E-state index contributed by atoms with van der Waals surface area (Å²) in [6.07, 6.45) is 0. The van der Waals surface area contributed by atoms with Gasteiger partial charge in [-0.2, -0.15) is 0 Å². The van der Waals surface area contributed by atoms with E-state index in [1.165, 1.54) is 25.3 Å². The van der Waals surface area contributed by atoms with Crippen LogP contribution < -0.4 is 14.8 Å². The van der Waals surface area contributed by atoms with Crippen molar-refractivity contribution >= 4 is 17.3 Å². The number of rotatable bonds is 6. The molecule has 2 rings (SSSR count). The number of amides is 1. The quantitative estimate of drug-likeness (QED) is 0.624. The first-order valence-electron chi connectivity index (χ1n) is 8.07. The molecule has 7 nitrogen and oxygen atoms in total. The third kappa shape index (κ3) is 4.72. The molecule has 2 aromatic rings. The van der Waals surface area contributed by atoms with Gasteiger partial charge in [0, 0.05) is 5.69 Å². The van der Waals surface area contributed by atoms with E-state index in [0.29, 0.717) is 11.4 Å². The van der Waals surface area contributed by atoms with E-state index >= 15 is 0 Å². The van der Waals surface area contributed by atoms with Crippen LogP contribution in [0.3, 0.4) is 0 Å². The lowest BCUT2D eigenvalue weighted by atomic mass is 9.86. The molecule has 1 amide bonds. The minimum atomic E-state index is -0.579. The monoisotopic (exact) mass is 358 g/mol. The van der Waals surface area contributed by atoms with Crippen molar-refractivity contribution in [3.63, 3.8) is 0 Å². The zero-order valence-corrected chi connectivity index (χ0v) is 15.2. The maximum absolute atomic E-state index is 12.2. The van der Waals surface area contributed by atoms with Crippen LogP contribution >= 0.6 is 0 Å². The van der Waals surface area contributed by atoms with Crippen molar-refractivity contribution in [2.45, 2.75) is 26.2 Å². The van der Waals surface area contributed by atoms with Crippen molar-refractivity contribution in [3.05, 3.63) is 58.1 Å². The van der Waals surface area contributed by atoms with Crippen LogP contribution in [0.1, 0.15) is 26.3 Å². The third-order valence-corrected chi connectivity index (χ3v) is 3.73.